The molecule has 2 rings (SSSR count). The molecule has 0 saturated carbocycles. The second kappa shape index (κ2) is 5.79. The summed E-state index contributed by atoms with van der Waals surface area (Å²) in [5, 5.41) is 2.82. The van der Waals surface area contributed by atoms with Crippen LogP contribution in [0.15, 0.2) is 18.3 Å². The number of hydrogen-bond donors (Lipinski definition) is 2. The number of nitrogens with two attached hydrogens (primary N) is 1. The molecule has 1 saturated heterocycles. The Kier molecular flexibility index (Phi) is 4.28. The first-order valence-electron chi connectivity index (χ1n) is 7.15. The Bertz CT molecular complexity index is 458. The normalized spacial score (nSPS) is 17.1. The molecule has 2 heterocycles. The van der Waals surface area contributed by atoms with E-state index >= 15 is 0 Å². The van der Waals surface area contributed by atoms with Crippen LogP contribution in [-0.2, 0) is 4.79 Å². The van der Waals surface area contributed by atoms with Crippen LogP contribution in [0.25, 0.3) is 0 Å². The molecule has 1 amide bonds. The van der Waals surface area contributed by atoms with Crippen LogP contribution in [0.5, 0.6) is 0 Å². The van der Waals surface area contributed by atoms with Crippen molar-refractivity contribution in [2.45, 2.75) is 39.7 Å². The summed E-state index contributed by atoms with van der Waals surface area (Å²) in [5.41, 5.74) is 6.37. The van der Waals surface area contributed by atoms with Crippen molar-refractivity contribution >= 4 is 17.4 Å². The van der Waals surface area contributed by atoms with Gasteiger partial charge >= 0.3 is 0 Å². The third kappa shape index (κ3) is 3.48. The molecule has 1 aliphatic rings. The second-order valence-electron chi connectivity index (χ2n) is 6.43. The molecule has 0 unspecified atom stereocenters. The third-order valence-electron chi connectivity index (χ3n) is 3.66. The van der Waals surface area contributed by atoms with Crippen molar-refractivity contribution < 1.29 is 4.79 Å². The molecule has 1 aromatic rings. The van der Waals surface area contributed by atoms with E-state index in [9.17, 15) is 4.79 Å². The Labute approximate surface area is 120 Å². The predicted molar refractivity (Wildman–Crippen MR) is 81.7 cm³/mol. The molecule has 5 nitrogen and oxygen atoms in total. The van der Waals surface area contributed by atoms with Gasteiger partial charge < -0.3 is 16.0 Å². The lowest BCUT2D eigenvalue weighted by Crippen LogP contribution is -2.45. The number of carbonyl (C=O) groups is 1. The lowest BCUT2D eigenvalue weighted by atomic mass is 9.87. The second-order valence-corrected chi connectivity index (χ2v) is 6.43. The van der Waals surface area contributed by atoms with Gasteiger partial charge in [0.2, 0.25) is 5.91 Å². The fraction of sp³-hybridized carbons (Fsp3) is 0.600. The highest BCUT2D eigenvalue weighted by Gasteiger charge is 2.27. The molecule has 1 atom stereocenters. The molecule has 0 spiro atoms. The molecule has 0 aliphatic carbocycles. The maximum Gasteiger partial charge on any atom is 0.241 e. The maximum atomic E-state index is 12.0. The van der Waals surface area contributed by atoms with Crippen molar-refractivity contribution in [1.82, 2.24) is 4.98 Å². The van der Waals surface area contributed by atoms with Gasteiger partial charge in [-0.1, -0.05) is 20.8 Å². The first-order valence-corrected chi connectivity index (χ1v) is 7.15. The quantitative estimate of drug-likeness (QED) is 0.885. The fourth-order valence-corrected chi connectivity index (χ4v) is 2.21. The van der Waals surface area contributed by atoms with E-state index in [2.05, 4.69) is 15.2 Å². The summed E-state index contributed by atoms with van der Waals surface area (Å²) in [7, 11) is 0. The van der Waals surface area contributed by atoms with Gasteiger partial charge in [-0.2, -0.15) is 0 Å². The van der Waals surface area contributed by atoms with Crippen LogP contribution < -0.4 is 16.0 Å². The van der Waals surface area contributed by atoms with Crippen LogP contribution >= 0.6 is 0 Å². The topological polar surface area (TPSA) is 71.2 Å². The van der Waals surface area contributed by atoms with Crippen molar-refractivity contribution in [2.75, 3.05) is 23.3 Å². The van der Waals surface area contributed by atoms with Crippen molar-refractivity contribution in [3.05, 3.63) is 18.3 Å². The highest BCUT2D eigenvalue weighted by Crippen LogP contribution is 2.21. The third-order valence-corrected chi connectivity index (χ3v) is 3.66. The number of nitrogens with one attached hydrogen (secondary N) is 1. The molecule has 0 aromatic carbocycles. The summed E-state index contributed by atoms with van der Waals surface area (Å²) in [6, 6.07) is 3.29. The number of anilines is 2. The number of hydrogen-bond acceptors (Lipinski definition) is 4. The number of nitrogens with zero attached hydrogens (tertiary/aromatic N) is 2. The zero-order chi connectivity index (χ0) is 14.8. The highest BCUT2D eigenvalue weighted by atomic mass is 16.2. The van der Waals surface area contributed by atoms with Gasteiger partial charge in [0, 0.05) is 13.1 Å². The molecule has 20 heavy (non-hydrogen) atoms. The fourth-order valence-electron chi connectivity index (χ4n) is 2.21. The van der Waals surface area contributed by atoms with E-state index in [0.29, 0.717) is 5.69 Å². The summed E-state index contributed by atoms with van der Waals surface area (Å²) in [6.07, 6.45) is 4.14. The molecular formula is C15H24N4O. The van der Waals surface area contributed by atoms with Gasteiger partial charge in [0.1, 0.15) is 5.82 Å². The van der Waals surface area contributed by atoms with Gasteiger partial charge in [-0.25, -0.2) is 4.98 Å². The number of rotatable bonds is 3. The van der Waals surface area contributed by atoms with Crippen LogP contribution in [0.1, 0.15) is 33.6 Å². The van der Waals surface area contributed by atoms with Crippen LogP contribution in [-0.4, -0.2) is 30.0 Å². The van der Waals surface area contributed by atoms with Crippen molar-refractivity contribution in [3.8, 4) is 0 Å². The molecule has 3 N–H and O–H groups in total. The van der Waals surface area contributed by atoms with E-state index in [1.54, 1.807) is 6.20 Å². The van der Waals surface area contributed by atoms with Gasteiger partial charge in [-0.3, -0.25) is 4.79 Å². The maximum absolute atomic E-state index is 12.0. The predicted octanol–water partition coefficient (Wildman–Crippen LogP) is 1.99. The van der Waals surface area contributed by atoms with E-state index in [0.717, 1.165) is 18.9 Å². The van der Waals surface area contributed by atoms with E-state index in [1.165, 1.54) is 12.8 Å². The molecule has 5 heteroatoms. The van der Waals surface area contributed by atoms with E-state index in [4.69, 9.17) is 5.73 Å². The van der Waals surface area contributed by atoms with Crippen LogP contribution in [0, 0.1) is 5.41 Å². The Morgan fingerprint density at radius 1 is 1.35 bits per heavy atom. The summed E-state index contributed by atoms with van der Waals surface area (Å²) in [6.45, 7) is 7.98. The Hall–Kier alpha value is -1.62. The molecule has 0 bridgehead atoms. The smallest absolute Gasteiger partial charge is 0.241 e. The van der Waals surface area contributed by atoms with Gasteiger partial charge in [-0.05, 0) is 30.4 Å². The summed E-state index contributed by atoms with van der Waals surface area (Å²) in [5.74, 6) is 0.800. The van der Waals surface area contributed by atoms with Crippen LogP contribution in [0.3, 0.4) is 0 Å². The van der Waals surface area contributed by atoms with E-state index in [-0.39, 0.29) is 11.3 Å². The van der Waals surface area contributed by atoms with E-state index < -0.39 is 6.04 Å². The SMILES string of the molecule is CC(C)(C)[C@@H](N)C(=O)Nc1ccc(N2CCCC2)nc1. The summed E-state index contributed by atoms with van der Waals surface area (Å²) in [4.78, 5) is 18.7. The largest absolute Gasteiger partial charge is 0.357 e. The summed E-state index contributed by atoms with van der Waals surface area (Å²) < 4.78 is 0. The molecule has 1 aliphatic heterocycles. The van der Waals surface area contributed by atoms with Crippen molar-refractivity contribution in [3.63, 3.8) is 0 Å². The van der Waals surface area contributed by atoms with Gasteiger partial charge in [0.15, 0.2) is 0 Å². The lowest BCUT2D eigenvalue weighted by Gasteiger charge is -2.25. The standard InChI is InChI=1S/C15H24N4O/c1-15(2,3)13(16)14(20)18-11-6-7-12(17-10-11)19-8-4-5-9-19/h6-7,10,13H,4-5,8-9,16H2,1-3H3,(H,18,20)/t13-/m0/s1. The van der Waals surface area contributed by atoms with Crippen molar-refractivity contribution in [1.29, 1.82) is 0 Å². The van der Waals surface area contributed by atoms with Crippen LogP contribution in [0.4, 0.5) is 11.5 Å². The first-order chi connectivity index (χ1) is 9.38. The molecule has 1 fully saturated rings. The summed E-state index contributed by atoms with van der Waals surface area (Å²) >= 11 is 0. The molecular weight excluding hydrogens is 252 g/mol. The minimum Gasteiger partial charge on any atom is -0.357 e. The minimum absolute atomic E-state index is 0.173. The minimum atomic E-state index is -0.541. The lowest BCUT2D eigenvalue weighted by molar-refractivity contribution is -0.119. The van der Waals surface area contributed by atoms with Crippen LogP contribution in [0.2, 0.25) is 0 Å². The number of pyridine rings is 1. The average Bonchev–Trinajstić information content (AvgIpc) is 2.91. The number of aromatic nitrogens is 1. The zero-order valence-electron chi connectivity index (χ0n) is 12.5. The van der Waals surface area contributed by atoms with Crippen molar-refractivity contribution in [2.24, 2.45) is 11.1 Å². The highest BCUT2D eigenvalue weighted by molar-refractivity contribution is 5.95. The molecule has 0 radical (unpaired) electrons. The number of amides is 1. The van der Waals surface area contributed by atoms with Gasteiger partial charge in [0.05, 0.1) is 17.9 Å². The Balaban J connectivity index is 1.98. The Morgan fingerprint density at radius 2 is 2.00 bits per heavy atom. The molecule has 110 valence electrons. The Morgan fingerprint density at radius 3 is 2.50 bits per heavy atom. The van der Waals surface area contributed by atoms with Gasteiger partial charge in [-0.15, -0.1) is 0 Å². The van der Waals surface area contributed by atoms with Gasteiger partial charge in [0.25, 0.3) is 0 Å². The monoisotopic (exact) mass is 276 g/mol. The zero-order valence-corrected chi connectivity index (χ0v) is 12.5. The number of carbonyl (C=O) groups excluding carboxylic acids is 1. The van der Waals surface area contributed by atoms with E-state index in [1.807, 2.05) is 32.9 Å². The average molecular weight is 276 g/mol. The first kappa shape index (κ1) is 14.8. The molecule has 1 aromatic heterocycles.